The molecular weight excluding hydrogens is 336 g/mol. The summed E-state index contributed by atoms with van der Waals surface area (Å²) in [6.07, 6.45) is -6.17. The van der Waals surface area contributed by atoms with Crippen molar-refractivity contribution < 1.29 is 45.0 Å². The Morgan fingerprint density at radius 2 is 1.80 bits per heavy atom. The van der Waals surface area contributed by atoms with E-state index in [1.54, 1.807) is 0 Å². The summed E-state index contributed by atoms with van der Waals surface area (Å²) in [4.78, 5) is 23.5. The summed E-state index contributed by atoms with van der Waals surface area (Å²) in [5.41, 5.74) is 0.418. The molecule has 0 unspecified atom stereocenters. The highest BCUT2D eigenvalue weighted by Gasteiger charge is 2.36. The predicted octanol–water partition coefficient (Wildman–Crippen LogP) is -2.01. The van der Waals surface area contributed by atoms with Crippen molar-refractivity contribution in [2.45, 2.75) is 24.4 Å². The molecule has 0 amide bonds. The van der Waals surface area contributed by atoms with Crippen LogP contribution in [0, 0.1) is 0 Å². The van der Waals surface area contributed by atoms with Crippen LogP contribution in [0.2, 0.25) is 0 Å². The number of phenolic OH excluding ortho intramolecular Hbond substituents is 1. The zero-order valence-electron chi connectivity index (χ0n) is 13.3. The van der Waals surface area contributed by atoms with Crippen LogP contribution in [-0.4, -0.2) is 80.3 Å². The summed E-state index contributed by atoms with van der Waals surface area (Å²) in [5.74, 6) is -2.53. The first kappa shape index (κ1) is 20.7. The molecule has 0 fully saturated rings. The number of aliphatic hydroxyl groups is 5. The van der Waals surface area contributed by atoms with E-state index in [0.29, 0.717) is 5.56 Å². The van der Waals surface area contributed by atoms with Crippen molar-refractivity contribution in [2.75, 3.05) is 13.7 Å². The van der Waals surface area contributed by atoms with E-state index >= 15 is 0 Å². The lowest BCUT2D eigenvalue weighted by atomic mass is 9.98. The van der Waals surface area contributed by atoms with E-state index in [2.05, 4.69) is 0 Å². The Kier molecular flexibility index (Phi) is 7.68. The number of allylic oxidation sites excluding steroid dienone is 1. The monoisotopic (exact) mass is 356 g/mol. The molecule has 1 rings (SSSR count). The van der Waals surface area contributed by atoms with Crippen molar-refractivity contribution in [3.8, 4) is 11.5 Å². The summed E-state index contributed by atoms with van der Waals surface area (Å²) in [5, 5.41) is 55.9. The van der Waals surface area contributed by atoms with Gasteiger partial charge in [0.15, 0.2) is 11.5 Å². The number of carbonyl (C=O) groups is 2. The molecule has 1 aromatic carbocycles. The Bertz CT molecular complexity index is 640. The van der Waals surface area contributed by atoms with Gasteiger partial charge in [0.2, 0.25) is 11.6 Å². The number of Topliss-reactive ketones (excluding diaryl/α,β-unsaturated/α-hetero) is 1. The minimum atomic E-state index is -2.28. The van der Waals surface area contributed by atoms with Gasteiger partial charge in [-0.15, -0.1) is 0 Å². The minimum absolute atomic E-state index is 0.114. The Morgan fingerprint density at radius 3 is 2.36 bits per heavy atom. The fourth-order valence-electron chi connectivity index (χ4n) is 1.88. The maximum Gasteiger partial charge on any atom is 0.233 e. The molecule has 0 bridgehead atoms. The van der Waals surface area contributed by atoms with E-state index in [1.807, 2.05) is 0 Å². The summed E-state index contributed by atoms with van der Waals surface area (Å²) >= 11 is 0. The molecule has 1 aromatic rings. The fraction of sp³-hybridized carbons (Fsp3) is 0.375. The second kappa shape index (κ2) is 9.25. The number of methoxy groups -OCH3 is 1. The van der Waals surface area contributed by atoms with Gasteiger partial charge < -0.3 is 35.4 Å². The topological polar surface area (TPSA) is 165 Å². The number of benzene rings is 1. The van der Waals surface area contributed by atoms with Gasteiger partial charge in [-0.2, -0.15) is 0 Å². The summed E-state index contributed by atoms with van der Waals surface area (Å²) in [6, 6.07) is 4.16. The van der Waals surface area contributed by atoms with Crippen LogP contribution in [-0.2, 0) is 9.59 Å². The highest BCUT2D eigenvalue weighted by molar-refractivity contribution is 6.43. The van der Waals surface area contributed by atoms with Crippen molar-refractivity contribution in [2.24, 2.45) is 0 Å². The number of aromatic hydroxyl groups is 1. The quantitative estimate of drug-likeness (QED) is 0.216. The molecule has 0 aliphatic rings. The molecule has 0 aromatic heterocycles. The maximum absolute atomic E-state index is 11.8. The van der Waals surface area contributed by atoms with E-state index in [1.165, 1.54) is 31.4 Å². The molecule has 9 nitrogen and oxygen atoms in total. The third-order valence-corrected chi connectivity index (χ3v) is 3.40. The lowest BCUT2D eigenvalue weighted by molar-refractivity contribution is -0.152. The molecular formula is C16H20O9. The van der Waals surface area contributed by atoms with E-state index in [4.69, 9.17) is 9.84 Å². The number of ketones is 2. The first-order chi connectivity index (χ1) is 11.7. The molecule has 0 heterocycles. The molecule has 0 saturated heterocycles. The van der Waals surface area contributed by atoms with Gasteiger partial charge in [0.05, 0.1) is 13.7 Å². The van der Waals surface area contributed by atoms with Crippen LogP contribution in [0.3, 0.4) is 0 Å². The Balaban J connectivity index is 2.80. The van der Waals surface area contributed by atoms with Crippen LogP contribution in [0.15, 0.2) is 24.3 Å². The fourth-order valence-corrected chi connectivity index (χ4v) is 1.88. The number of rotatable bonds is 9. The number of hydrogen-bond acceptors (Lipinski definition) is 9. The molecule has 4 atom stereocenters. The van der Waals surface area contributed by atoms with Crippen LogP contribution >= 0.6 is 0 Å². The van der Waals surface area contributed by atoms with Crippen molar-refractivity contribution in [3.05, 3.63) is 29.8 Å². The number of hydrogen-bond donors (Lipinski definition) is 6. The van der Waals surface area contributed by atoms with Crippen LogP contribution in [0.25, 0.3) is 6.08 Å². The number of ether oxygens (including phenoxy) is 1. The number of aliphatic hydroxyl groups excluding tert-OH is 5. The molecule has 0 saturated carbocycles. The zero-order valence-corrected chi connectivity index (χ0v) is 13.3. The zero-order chi connectivity index (χ0) is 19.1. The van der Waals surface area contributed by atoms with Crippen LogP contribution in [0.1, 0.15) is 5.56 Å². The second-order valence-corrected chi connectivity index (χ2v) is 5.17. The van der Waals surface area contributed by atoms with Crippen molar-refractivity contribution in [3.63, 3.8) is 0 Å². The van der Waals surface area contributed by atoms with Crippen molar-refractivity contribution in [1.82, 2.24) is 0 Å². The van der Waals surface area contributed by atoms with Gasteiger partial charge in [0.1, 0.15) is 24.4 Å². The molecule has 0 aliphatic carbocycles. The van der Waals surface area contributed by atoms with Gasteiger partial charge in [-0.05, 0) is 23.8 Å². The maximum atomic E-state index is 11.8. The molecule has 6 N–H and O–H groups in total. The van der Waals surface area contributed by atoms with Gasteiger partial charge >= 0.3 is 0 Å². The van der Waals surface area contributed by atoms with Crippen LogP contribution in [0.4, 0.5) is 0 Å². The third-order valence-electron chi connectivity index (χ3n) is 3.40. The lowest BCUT2D eigenvalue weighted by Crippen LogP contribution is -2.49. The van der Waals surface area contributed by atoms with Gasteiger partial charge in [-0.3, -0.25) is 9.59 Å². The molecule has 0 aliphatic heterocycles. The largest absolute Gasteiger partial charge is 0.504 e. The normalized spacial score (nSPS) is 16.2. The lowest BCUT2D eigenvalue weighted by Gasteiger charge is -2.24. The SMILES string of the molecule is COc1cc(C=CC(=O)C(=O)[C@H](O)[C@@H](O)[C@H](O)[C@H](O)CO)ccc1O. The van der Waals surface area contributed by atoms with Crippen molar-refractivity contribution in [1.29, 1.82) is 0 Å². The first-order valence-electron chi connectivity index (χ1n) is 7.19. The van der Waals surface area contributed by atoms with E-state index in [9.17, 15) is 35.1 Å². The first-order valence-corrected chi connectivity index (χ1v) is 7.19. The Morgan fingerprint density at radius 1 is 1.16 bits per heavy atom. The van der Waals surface area contributed by atoms with E-state index in [-0.39, 0.29) is 11.5 Å². The standard InChI is InChI=1S/C16H20O9/c1-25-12-6-8(2-4-9(12)18)3-5-10(19)13(21)15(23)16(24)14(22)11(20)7-17/h2-6,11,14-18,20,22-24H,7H2,1H3/t11-,14-,15+,16+/m1/s1. The smallest absolute Gasteiger partial charge is 0.233 e. The van der Waals surface area contributed by atoms with Gasteiger partial charge in [0, 0.05) is 0 Å². The molecule has 9 heteroatoms. The summed E-state index contributed by atoms with van der Waals surface area (Å²) in [6.45, 7) is -0.907. The Labute approximate surface area is 143 Å². The summed E-state index contributed by atoms with van der Waals surface area (Å²) in [7, 11) is 1.33. The van der Waals surface area contributed by atoms with Crippen LogP contribution < -0.4 is 4.74 Å². The average molecular weight is 356 g/mol. The molecule has 0 radical (unpaired) electrons. The van der Waals surface area contributed by atoms with Crippen molar-refractivity contribution >= 4 is 17.6 Å². The highest BCUT2D eigenvalue weighted by atomic mass is 16.5. The van der Waals surface area contributed by atoms with E-state index in [0.717, 1.165) is 6.08 Å². The predicted molar refractivity (Wildman–Crippen MR) is 84.8 cm³/mol. The molecule has 0 spiro atoms. The molecule has 25 heavy (non-hydrogen) atoms. The van der Waals surface area contributed by atoms with Gasteiger partial charge in [0.25, 0.3) is 0 Å². The average Bonchev–Trinajstić information content (AvgIpc) is 2.63. The molecule has 138 valence electrons. The van der Waals surface area contributed by atoms with Gasteiger partial charge in [-0.25, -0.2) is 0 Å². The number of carbonyl (C=O) groups excluding carboxylic acids is 2. The highest BCUT2D eigenvalue weighted by Crippen LogP contribution is 2.26. The number of phenols is 1. The second-order valence-electron chi connectivity index (χ2n) is 5.17. The Hall–Kier alpha value is -2.30. The van der Waals surface area contributed by atoms with Gasteiger partial charge in [-0.1, -0.05) is 12.1 Å². The van der Waals surface area contributed by atoms with E-state index < -0.39 is 42.6 Å². The third kappa shape index (κ3) is 5.34. The minimum Gasteiger partial charge on any atom is -0.504 e. The van der Waals surface area contributed by atoms with Crippen LogP contribution in [0.5, 0.6) is 11.5 Å². The summed E-state index contributed by atoms with van der Waals surface area (Å²) < 4.78 is 4.89.